The van der Waals surface area contributed by atoms with Gasteiger partial charge in [0.25, 0.3) is 0 Å². The monoisotopic (exact) mass is 293 g/mol. The summed E-state index contributed by atoms with van der Waals surface area (Å²) in [6.07, 6.45) is 0. The van der Waals surface area contributed by atoms with Crippen molar-refractivity contribution in [3.8, 4) is 17.2 Å². The molecule has 2 rings (SSSR count). The molecule has 0 bridgehead atoms. The van der Waals surface area contributed by atoms with Crippen LogP contribution in [0.1, 0.15) is 11.1 Å². The molecule has 0 spiro atoms. The van der Waals surface area contributed by atoms with Gasteiger partial charge < -0.3 is 19.5 Å². The average Bonchev–Trinajstić information content (AvgIpc) is 2.99. The average molecular weight is 293 g/mol. The summed E-state index contributed by atoms with van der Waals surface area (Å²) in [5, 5.41) is 7.61. The molecule has 0 radical (unpaired) electrons. The molecule has 20 heavy (non-hydrogen) atoms. The first-order valence-electron chi connectivity index (χ1n) is 6.29. The normalized spacial score (nSPS) is 10.3. The van der Waals surface area contributed by atoms with Crippen LogP contribution in [0, 0.1) is 0 Å². The van der Waals surface area contributed by atoms with Crippen molar-refractivity contribution in [2.24, 2.45) is 0 Å². The van der Waals surface area contributed by atoms with E-state index in [1.54, 1.807) is 32.7 Å². The van der Waals surface area contributed by atoms with E-state index in [4.69, 9.17) is 14.2 Å². The maximum absolute atomic E-state index is 5.40. The summed E-state index contributed by atoms with van der Waals surface area (Å²) >= 11 is 1.70. The first-order chi connectivity index (χ1) is 9.78. The highest BCUT2D eigenvalue weighted by atomic mass is 32.1. The van der Waals surface area contributed by atoms with Gasteiger partial charge in [-0.25, -0.2) is 0 Å². The standard InChI is InChI=1S/C15H19NO3S/c1-17-13-7-15(19-3)14(18-2)6-12(13)9-16-8-11-4-5-20-10-11/h4-7,10,16H,8-9H2,1-3H3. The Kier molecular flexibility index (Phi) is 5.26. The summed E-state index contributed by atoms with van der Waals surface area (Å²) in [4.78, 5) is 0. The van der Waals surface area contributed by atoms with E-state index in [0.717, 1.165) is 17.9 Å². The van der Waals surface area contributed by atoms with Crippen molar-refractivity contribution in [3.63, 3.8) is 0 Å². The molecule has 0 fully saturated rings. The van der Waals surface area contributed by atoms with Crippen molar-refractivity contribution in [2.45, 2.75) is 13.1 Å². The van der Waals surface area contributed by atoms with E-state index < -0.39 is 0 Å². The molecule has 0 saturated heterocycles. The predicted molar refractivity (Wildman–Crippen MR) is 81.0 cm³/mol. The van der Waals surface area contributed by atoms with Gasteiger partial charge in [-0.15, -0.1) is 0 Å². The lowest BCUT2D eigenvalue weighted by molar-refractivity contribution is 0.347. The number of ether oxygens (including phenoxy) is 3. The summed E-state index contributed by atoms with van der Waals surface area (Å²) in [6, 6.07) is 5.90. The Morgan fingerprint density at radius 3 is 2.25 bits per heavy atom. The molecular formula is C15H19NO3S. The van der Waals surface area contributed by atoms with Gasteiger partial charge in [0.05, 0.1) is 21.3 Å². The topological polar surface area (TPSA) is 39.7 Å². The van der Waals surface area contributed by atoms with E-state index in [1.807, 2.05) is 12.1 Å². The van der Waals surface area contributed by atoms with Gasteiger partial charge in [0.1, 0.15) is 5.75 Å². The van der Waals surface area contributed by atoms with Crippen LogP contribution >= 0.6 is 11.3 Å². The van der Waals surface area contributed by atoms with Crippen molar-refractivity contribution in [3.05, 3.63) is 40.1 Å². The predicted octanol–water partition coefficient (Wildman–Crippen LogP) is 3.06. The zero-order valence-electron chi connectivity index (χ0n) is 11.9. The molecule has 0 aliphatic rings. The molecule has 0 amide bonds. The zero-order chi connectivity index (χ0) is 14.4. The van der Waals surface area contributed by atoms with Crippen molar-refractivity contribution in [1.82, 2.24) is 5.32 Å². The summed E-state index contributed by atoms with van der Waals surface area (Å²) in [5.41, 5.74) is 2.33. The van der Waals surface area contributed by atoms with Crippen LogP contribution in [0.5, 0.6) is 17.2 Å². The van der Waals surface area contributed by atoms with Gasteiger partial charge in [0.2, 0.25) is 0 Å². The molecule has 5 heteroatoms. The smallest absolute Gasteiger partial charge is 0.164 e. The number of hydrogen-bond donors (Lipinski definition) is 1. The molecule has 1 aromatic heterocycles. The first-order valence-corrected chi connectivity index (χ1v) is 7.23. The van der Waals surface area contributed by atoms with Gasteiger partial charge in [-0.3, -0.25) is 0 Å². The lowest BCUT2D eigenvalue weighted by atomic mass is 10.1. The number of rotatable bonds is 7. The molecule has 0 atom stereocenters. The second kappa shape index (κ2) is 7.17. The molecule has 1 heterocycles. The fraction of sp³-hybridized carbons (Fsp3) is 0.333. The molecule has 0 aliphatic carbocycles. The molecule has 108 valence electrons. The quantitative estimate of drug-likeness (QED) is 0.851. The molecule has 2 aromatic rings. The van der Waals surface area contributed by atoms with Crippen LogP contribution in [0.2, 0.25) is 0 Å². The van der Waals surface area contributed by atoms with Gasteiger partial charge in [-0.05, 0) is 28.5 Å². The van der Waals surface area contributed by atoms with Gasteiger partial charge in [-0.1, -0.05) is 0 Å². The fourth-order valence-electron chi connectivity index (χ4n) is 1.97. The van der Waals surface area contributed by atoms with E-state index in [0.29, 0.717) is 18.0 Å². The minimum atomic E-state index is 0.672. The third-order valence-corrected chi connectivity index (χ3v) is 3.74. The minimum Gasteiger partial charge on any atom is -0.496 e. The van der Waals surface area contributed by atoms with Crippen molar-refractivity contribution in [2.75, 3.05) is 21.3 Å². The number of benzene rings is 1. The Labute approximate surface area is 123 Å². The van der Waals surface area contributed by atoms with E-state index in [2.05, 4.69) is 22.1 Å². The van der Waals surface area contributed by atoms with Crippen LogP contribution in [0.4, 0.5) is 0 Å². The number of nitrogens with one attached hydrogen (secondary N) is 1. The van der Waals surface area contributed by atoms with Crippen LogP contribution in [0.15, 0.2) is 29.0 Å². The third-order valence-electron chi connectivity index (χ3n) is 3.01. The first kappa shape index (κ1) is 14.7. The molecule has 0 saturated carbocycles. The fourth-order valence-corrected chi connectivity index (χ4v) is 2.63. The second-order valence-electron chi connectivity index (χ2n) is 4.25. The largest absolute Gasteiger partial charge is 0.496 e. The van der Waals surface area contributed by atoms with Gasteiger partial charge in [-0.2, -0.15) is 11.3 Å². The molecular weight excluding hydrogens is 274 g/mol. The molecule has 4 nitrogen and oxygen atoms in total. The summed E-state index contributed by atoms with van der Waals surface area (Å²) in [6.45, 7) is 1.54. The van der Waals surface area contributed by atoms with Crippen molar-refractivity contribution in [1.29, 1.82) is 0 Å². The molecule has 1 aromatic carbocycles. The lowest BCUT2D eigenvalue weighted by Gasteiger charge is -2.14. The second-order valence-corrected chi connectivity index (χ2v) is 5.03. The molecule has 0 unspecified atom stereocenters. The highest BCUT2D eigenvalue weighted by Crippen LogP contribution is 2.34. The van der Waals surface area contributed by atoms with Crippen LogP contribution in [-0.4, -0.2) is 21.3 Å². The molecule has 1 N–H and O–H groups in total. The van der Waals surface area contributed by atoms with Crippen molar-refractivity contribution < 1.29 is 14.2 Å². The SMILES string of the molecule is COc1cc(OC)c(OC)cc1CNCc1ccsc1. The highest BCUT2D eigenvalue weighted by molar-refractivity contribution is 7.07. The van der Waals surface area contributed by atoms with Gasteiger partial charge >= 0.3 is 0 Å². The van der Waals surface area contributed by atoms with Crippen LogP contribution in [-0.2, 0) is 13.1 Å². The number of thiophene rings is 1. The van der Waals surface area contributed by atoms with E-state index in [9.17, 15) is 0 Å². The summed E-state index contributed by atoms with van der Waals surface area (Å²) in [5.74, 6) is 2.17. The van der Waals surface area contributed by atoms with E-state index in [-0.39, 0.29) is 0 Å². The van der Waals surface area contributed by atoms with E-state index in [1.165, 1.54) is 5.56 Å². The molecule has 0 aliphatic heterocycles. The van der Waals surface area contributed by atoms with Crippen LogP contribution < -0.4 is 19.5 Å². The maximum atomic E-state index is 5.40. The Morgan fingerprint density at radius 1 is 0.950 bits per heavy atom. The summed E-state index contributed by atoms with van der Waals surface area (Å²) < 4.78 is 16.0. The third kappa shape index (κ3) is 3.43. The summed E-state index contributed by atoms with van der Waals surface area (Å²) in [7, 11) is 4.91. The lowest BCUT2D eigenvalue weighted by Crippen LogP contribution is -2.13. The van der Waals surface area contributed by atoms with Crippen LogP contribution in [0.3, 0.4) is 0 Å². The Morgan fingerprint density at radius 2 is 1.65 bits per heavy atom. The Bertz CT molecular complexity index is 540. The van der Waals surface area contributed by atoms with Gasteiger partial charge in [0, 0.05) is 24.7 Å². The Hall–Kier alpha value is -1.72. The maximum Gasteiger partial charge on any atom is 0.164 e. The van der Waals surface area contributed by atoms with Crippen LogP contribution in [0.25, 0.3) is 0 Å². The van der Waals surface area contributed by atoms with E-state index >= 15 is 0 Å². The minimum absolute atomic E-state index is 0.672. The van der Waals surface area contributed by atoms with Gasteiger partial charge in [0.15, 0.2) is 11.5 Å². The number of hydrogen-bond acceptors (Lipinski definition) is 5. The zero-order valence-corrected chi connectivity index (χ0v) is 12.8. The highest BCUT2D eigenvalue weighted by Gasteiger charge is 2.11. The Balaban J connectivity index is 2.09. The number of methoxy groups -OCH3 is 3. The van der Waals surface area contributed by atoms with Crippen molar-refractivity contribution >= 4 is 11.3 Å².